The zero-order valence-electron chi connectivity index (χ0n) is 12.2. The minimum Gasteiger partial charge on any atom is -0.352 e. The molecule has 1 N–H and O–H groups in total. The van der Waals surface area contributed by atoms with Gasteiger partial charge in [0.1, 0.15) is 5.82 Å². The Labute approximate surface area is 127 Å². The Morgan fingerprint density at radius 1 is 1.27 bits per heavy atom. The lowest BCUT2D eigenvalue weighted by atomic mass is 10.1. The molecule has 0 unspecified atom stereocenters. The van der Waals surface area contributed by atoms with Crippen molar-refractivity contribution in [1.82, 2.24) is 14.9 Å². The van der Waals surface area contributed by atoms with Gasteiger partial charge in [0.15, 0.2) is 0 Å². The molecule has 0 spiro atoms. The summed E-state index contributed by atoms with van der Waals surface area (Å²) in [6, 6.07) is 12.0. The minimum absolute atomic E-state index is 0.177. The van der Waals surface area contributed by atoms with Gasteiger partial charge in [-0.15, -0.1) is 0 Å². The molecule has 5 heteroatoms. The molecule has 3 aromatic rings. The monoisotopic (exact) mass is 297 g/mol. The maximum Gasteiger partial charge on any atom is 0.251 e. The van der Waals surface area contributed by atoms with Crippen LogP contribution in [0.4, 0.5) is 4.39 Å². The molecule has 0 aliphatic heterocycles. The Bertz CT molecular complexity index is 826. The zero-order chi connectivity index (χ0) is 15.5. The molecule has 0 saturated heterocycles. The van der Waals surface area contributed by atoms with Crippen molar-refractivity contribution in [3.05, 3.63) is 65.7 Å². The fourth-order valence-electron chi connectivity index (χ4n) is 2.39. The van der Waals surface area contributed by atoms with Crippen molar-refractivity contribution in [3.8, 4) is 0 Å². The Kier molecular flexibility index (Phi) is 3.87. The van der Waals surface area contributed by atoms with Gasteiger partial charge in [-0.1, -0.05) is 18.2 Å². The lowest BCUT2D eigenvalue weighted by molar-refractivity contribution is 0.0954. The molecule has 0 atom stereocenters. The number of rotatable bonds is 4. The Morgan fingerprint density at radius 3 is 2.91 bits per heavy atom. The van der Waals surface area contributed by atoms with E-state index in [0.29, 0.717) is 24.1 Å². The number of hydrogen-bond acceptors (Lipinski definition) is 2. The number of nitrogens with zero attached hydrogens (tertiary/aromatic N) is 2. The highest BCUT2D eigenvalue weighted by Crippen LogP contribution is 2.14. The summed E-state index contributed by atoms with van der Waals surface area (Å²) in [6.45, 7) is 0.389. The Morgan fingerprint density at radius 2 is 2.09 bits per heavy atom. The first-order valence-corrected chi connectivity index (χ1v) is 7.08. The summed E-state index contributed by atoms with van der Waals surface area (Å²) in [4.78, 5) is 16.4. The van der Waals surface area contributed by atoms with E-state index >= 15 is 0 Å². The number of carbonyl (C=O) groups is 1. The molecule has 1 aromatic heterocycles. The summed E-state index contributed by atoms with van der Waals surface area (Å²) < 4.78 is 15.4. The lowest BCUT2D eigenvalue weighted by Crippen LogP contribution is -2.25. The quantitative estimate of drug-likeness (QED) is 0.805. The number of halogens is 1. The number of aromatic nitrogens is 2. The fraction of sp³-hybridized carbons (Fsp3) is 0.176. The van der Waals surface area contributed by atoms with E-state index in [4.69, 9.17) is 0 Å². The van der Waals surface area contributed by atoms with Crippen LogP contribution in [-0.4, -0.2) is 22.0 Å². The van der Waals surface area contributed by atoms with Crippen LogP contribution < -0.4 is 5.32 Å². The predicted molar refractivity (Wildman–Crippen MR) is 83.2 cm³/mol. The normalized spacial score (nSPS) is 10.8. The molecular weight excluding hydrogens is 281 g/mol. The van der Waals surface area contributed by atoms with Gasteiger partial charge in [-0.2, -0.15) is 0 Å². The summed E-state index contributed by atoms with van der Waals surface area (Å²) in [7, 11) is 1.91. The van der Waals surface area contributed by atoms with E-state index in [1.807, 2.05) is 17.7 Å². The maximum atomic E-state index is 13.5. The molecule has 0 aliphatic carbocycles. The third-order valence-electron chi connectivity index (χ3n) is 3.63. The van der Waals surface area contributed by atoms with Crippen LogP contribution in [0.3, 0.4) is 0 Å². The topological polar surface area (TPSA) is 46.9 Å². The first-order valence-electron chi connectivity index (χ1n) is 7.08. The minimum atomic E-state index is -0.244. The SMILES string of the molecule is Cn1cnc2cc(C(=O)NCCc3ccccc3F)ccc21. The third kappa shape index (κ3) is 2.83. The van der Waals surface area contributed by atoms with Crippen LogP contribution in [0, 0.1) is 5.82 Å². The van der Waals surface area contributed by atoms with Crippen LogP contribution in [0.15, 0.2) is 48.8 Å². The van der Waals surface area contributed by atoms with E-state index < -0.39 is 0 Å². The van der Waals surface area contributed by atoms with E-state index in [2.05, 4.69) is 10.3 Å². The molecule has 0 aliphatic rings. The van der Waals surface area contributed by atoms with Gasteiger partial charge in [-0.25, -0.2) is 9.37 Å². The van der Waals surface area contributed by atoms with Crippen molar-refractivity contribution >= 4 is 16.9 Å². The number of benzene rings is 2. The van der Waals surface area contributed by atoms with E-state index in [1.54, 1.807) is 36.7 Å². The second-order valence-corrected chi connectivity index (χ2v) is 5.16. The standard InChI is InChI=1S/C17H16FN3O/c1-21-11-20-15-10-13(6-7-16(15)21)17(22)19-9-8-12-4-2-3-5-14(12)18/h2-7,10-11H,8-9H2,1H3,(H,19,22). The van der Waals surface area contributed by atoms with Crippen molar-refractivity contribution in [1.29, 1.82) is 0 Å². The van der Waals surface area contributed by atoms with Crippen molar-refractivity contribution in [2.75, 3.05) is 6.54 Å². The summed E-state index contributed by atoms with van der Waals surface area (Å²) in [5, 5.41) is 2.81. The highest BCUT2D eigenvalue weighted by molar-refractivity contribution is 5.97. The third-order valence-corrected chi connectivity index (χ3v) is 3.63. The predicted octanol–water partition coefficient (Wildman–Crippen LogP) is 2.68. The number of imidazole rings is 1. The van der Waals surface area contributed by atoms with E-state index in [9.17, 15) is 9.18 Å². The molecule has 0 saturated carbocycles. The summed E-state index contributed by atoms with van der Waals surface area (Å²) >= 11 is 0. The number of aryl methyl sites for hydroxylation is 1. The van der Waals surface area contributed by atoms with Gasteiger partial charge in [0.05, 0.1) is 17.4 Å². The number of carbonyl (C=O) groups excluding carboxylic acids is 1. The van der Waals surface area contributed by atoms with E-state index in [0.717, 1.165) is 11.0 Å². The maximum absolute atomic E-state index is 13.5. The largest absolute Gasteiger partial charge is 0.352 e. The molecule has 112 valence electrons. The Balaban J connectivity index is 1.65. The van der Waals surface area contributed by atoms with Crippen LogP contribution >= 0.6 is 0 Å². The van der Waals surface area contributed by atoms with Crippen LogP contribution in [0.1, 0.15) is 15.9 Å². The van der Waals surface area contributed by atoms with E-state index in [-0.39, 0.29) is 11.7 Å². The second kappa shape index (κ2) is 5.97. The molecule has 1 heterocycles. The molecule has 0 fully saturated rings. The summed E-state index contributed by atoms with van der Waals surface area (Å²) in [6.07, 6.45) is 2.18. The molecule has 2 aromatic carbocycles. The molecular formula is C17H16FN3O. The number of fused-ring (bicyclic) bond motifs is 1. The van der Waals surface area contributed by atoms with Crippen LogP contribution in [0.25, 0.3) is 11.0 Å². The molecule has 0 bridgehead atoms. The van der Waals surface area contributed by atoms with Crippen molar-refractivity contribution < 1.29 is 9.18 Å². The lowest BCUT2D eigenvalue weighted by Gasteiger charge is -2.06. The van der Waals surface area contributed by atoms with Gasteiger partial charge in [0.25, 0.3) is 5.91 Å². The number of hydrogen-bond donors (Lipinski definition) is 1. The van der Waals surface area contributed by atoms with Gasteiger partial charge in [-0.05, 0) is 36.2 Å². The first kappa shape index (κ1) is 14.3. The van der Waals surface area contributed by atoms with Gasteiger partial charge >= 0.3 is 0 Å². The van der Waals surface area contributed by atoms with Gasteiger partial charge in [-0.3, -0.25) is 4.79 Å². The van der Waals surface area contributed by atoms with Crippen molar-refractivity contribution in [3.63, 3.8) is 0 Å². The summed E-state index contributed by atoms with van der Waals surface area (Å²) in [5.41, 5.74) is 2.91. The van der Waals surface area contributed by atoms with Crippen molar-refractivity contribution in [2.24, 2.45) is 7.05 Å². The molecule has 4 nitrogen and oxygen atoms in total. The highest BCUT2D eigenvalue weighted by Gasteiger charge is 2.08. The smallest absolute Gasteiger partial charge is 0.251 e. The Hall–Kier alpha value is -2.69. The highest BCUT2D eigenvalue weighted by atomic mass is 19.1. The van der Waals surface area contributed by atoms with Gasteiger partial charge in [0.2, 0.25) is 0 Å². The molecule has 1 amide bonds. The summed E-state index contributed by atoms with van der Waals surface area (Å²) in [5.74, 6) is -0.421. The van der Waals surface area contributed by atoms with Crippen LogP contribution in [0.2, 0.25) is 0 Å². The van der Waals surface area contributed by atoms with Gasteiger partial charge in [0, 0.05) is 19.2 Å². The molecule has 22 heavy (non-hydrogen) atoms. The van der Waals surface area contributed by atoms with Gasteiger partial charge < -0.3 is 9.88 Å². The average Bonchev–Trinajstić information content (AvgIpc) is 2.90. The van der Waals surface area contributed by atoms with E-state index in [1.165, 1.54) is 6.07 Å². The average molecular weight is 297 g/mol. The number of amides is 1. The first-order chi connectivity index (χ1) is 10.6. The number of nitrogens with one attached hydrogen (secondary N) is 1. The van der Waals surface area contributed by atoms with Crippen LogP contribution in [-0.2, 0) is 13.5 Å². The second-order valence-electron chi connectivity index (χ2n) is 5.16. The van der Waals surface area contributed by atoms with Crippen molar-refractivity contribution in [2.45, 2.75) is 6.42 Å². The fourth-order valence-corrected chi connectivity index (χ4v) is 2.39. The molecule has 3 rings (SSSR count). The van der Waals surface area contributed by atoms with Crippen LogP contribution in [0.5, 0.6) is 0 Å². The zero-order valence-corrected chi connectivity index (χ0v) is 12.2. The molecule has 0 radical (unpaired) electrons.